The van der Waals surface area contributed by atoms with Gasteiger partial charge in [0.15, 0.2) is 11.5 Å². The number of aromatic nitrogens is 3. The first-order valence-corrected chi connectivity index (χ1v) is 8.33. The van der Waals surface area contributed by atoms with Crippen LogP contribution in [0.4, 0.5) is 11.6 Å². The standard InChI is InChI=1S/C14H21N5S/c1-20-14(5-3-2-4-6-14)10-17-12-13-16-7-8-19(13)9-11(15)18-12/h7-9H,2-6,10,15H2,1H3,(H,17,18). The van der Waals surface area contributed by atoms with Crippen molar-refractivity contribution < 1.29 is 0 Å². The van der Waals surface area contributed by atoms with Gasteiger partial charge in [0.2, 0.25) is 0 Å². The van der Waals surface area contributed by atoms with Crippen LogP contribution in [0.2, 0.25) is 0 Å². The van der Waals surface area contributed by atoms with Crippen molar-refractivity contribution in [1.82, 2.24) is 14.4 Å². The molecule has 1 aliphatic carbocycles. The van der Waals surface area contributed by atoms with Gasteiger partial charge in [0.05, 0.1) is 6.20 Å². The first-order chi connectivity index (χ1) is 9.72. The molecule has 2 heterocycles. The summed E-state index contributed by atoms with van der Waals surface area (Å²) in [5, 5.41) is 3.48. The molecule has 0 amide bonds. The Bertz CT molecular complexity index is 588. The summed E-state index contributed by atoms with van der Waals surface area (Å²) in [6.07, 6.45) is 14.2. The fourth-order valence-corrected chi connectivity index (χ4v) is 3.88. The Morgan fingerprint density at radius 1 is 1.40 bits per heavy atom. The summed E-state index contributed by atoms with van der Waals surface area (Å²) in [6, 6.07) is 0. The molecule has 0 saturated heterocycles. The molecule has 6 heteroatoms. The van der Waals surface area contributed by atoms with Crippen LogP contribution in [0, 0.1) is 0 Å². The van der Waals surface area contributed by atoms with E-state index in [1.807, 2.05) is 22.4 Å². The third-order valence-electron chi connectivity index (χ3n) is 4.17. The number of nitrogens with two attached hydrogens (primary N) is 1. The van der Waals surface area contributed by atoms with E-state index in [2.05, 4.69) is 21.5 Å². The number of hydrogen-bond acceptors (Lipinski definition) is 5. The number of anilines is 2. The molecule has 1 saturated carbocycles. The monoisotopic (exact) mass is 291 g/mol. The van der Waals surface area contributed by atoms with Crippen molar-refractivity contribution in [2.24, 2.45) is 0 Å². The molecule has 2 aromatic heterocycles. The van der Waals surface area contributed by atoms with E-state index in [0.717, 1.165) is 18.0 Å². The Morgan fingerprint density at radius 3 is 2.95 bits per heavy atom. The molecule has 2 aromatic rings. The Labute approximate surface area is 123 Å². The highest BCUT2D eigenvalue weighted by molar-refractivity contribution is 8.00. The quantitative estimate of drug-likeness (QED) is 0.906. The summed E-state index contributed by atoms with van der Waals surface area (Å²) >= 11 is 1.98. The van der Waals surface area contributed by atoms with Crippen LogP contribution in [0.25, 0.3) is 5.65 Å². The largest absolute Gasteiger partial charge is 0.382 e. The number of imidazole rings is 1. The number of rotatable bonds is 4. The van der Waals surface area contributed by atoms with E-state index in [0.29, 0.717) is 10.6 Å². The lowest BCUT2D eigenvalue weighted by Gasteiger charge is -2.36. The van der Waals surface area contributed by atoms with Gasteiger partial charge in [0.25, 0.3) is 0 Å². The molecule has 0 unspecified atom stereocenters. The summed E-state index contributed by atoms with van der Waals surface area (Å²) in [5.74, 6) is 1.30. The molecule has 3 rings (SSSR count). The summed E-state index contributed by atoms with van der Waals surface area (Å²) in [4.78, 5) is 8.75. The fourth-order valence-electron chi connectivity index (χ4n) is 2.96. The van der Waals surface area contributed by atoms with E-state index in [4.69, 9.17) is 5.73 Å². The topological polar surface area (TPSA) is 68.2 Å². The van der Waals surface area contributed by atoms with Crippen LogP contribution in [0.3, 0.4) is 0 Å². The van der Waals surface area contributed by atoms with Crippen LogP contribution in [0.5, 0.6) is 0 Å². The van der Waals surface area contributed by atoms with Crippen LogP contribution in [-0.2, 0) is 0 Å². The van der Waals surface area contributed by atoms with Gasteiger partial charge in [-0.25, -0.2) is 9.97 Å². The highest BCUT2D eigenvalue weighted by Crippen LogP contribution is 2.38. The summed E-state index contributed by atoms with van der Waals surface area (Å²) in [6.45, 7) is 0.924. The third-order valence-corrected chi connectivity index (χ3v) is 5.59. The second-order valence-corrected chi connectivity index (χ2v) is 6.75. The number of hydrogen-bond donors (Lipinski definition) is 2. The average molecular weight is 291 g/mol. The van der Waals surface area contributed by atoms with Gasteiger partial charge in [-0.3, -0.25) is 0 Å². The molecule has 0 bridgehead atoms. The van der Waals surface area contributed by atoms with Crippen LogP contribution in [0.15, 0.2) is 18.6 Å². The van der Waals surface area contributed by atoms with Gasteiger partial charge in [0.1, 0.15) is 5.82 Å². The van der Waals surface area contributed by atoms with Crippen LogP contribution in [0.1, 0.15) is 32.1 Å². The van der Waals surface area contributed by atoms with Gasteiger partial charge in [-0.2, -0.15) is 11.8 Å². The lowest BCUT2D eigenvalue weighted by atomic mass is 9.88. The van der Waals surface area contributed by atoms with Gasteiger partial charge in [0, 0.05) is 23.7 Å². The molecular formula is C14H21N5S. The zero-order chi connectivity index (χ0) is 14.0. The summed E-state index contributed by atoms with van der Waals surface area (Å²) in [7, 11) is 0. The van der Waals surface area contributed by atoms with Gasteiger partial charge < -0.3 is 15.5 Å². The van der Waals surface area contributed by atoms with Crippen molar-refractivity contribution in [2.75, 3.05) is 23.9 Å². The number of nitrogens with one attached hydrogen (secondary N) is 1. The maximum atomic E-state index is 5.85. The van der Waals surface area contributed by atoms with Gasteiger partial charge in [-0.05, 0) is 19.1 Å². The molecule has 0 aliphatic heterocycles. The first kappa shape index (κ1) is 13.5. The van der Waals surface area contributed by atoms with Crippen molar-refractivity contribution in [2.45, 2.75) is 36.9 Å². The van der Waals surface area contributed by atoms with E-state index in [1.54, 1.807) is 12.4 Å². The Hall–Kier alpha value is -1.43. The second-order valence-electron chi connectivity index (χ2n) is 5.47. The van der Waals surface area contributed by atoms with Gasteiger partial charge >= 0.3 is 0 Å². The van der Waals surface area contributed by atoms with Crippen LogP contribution < -0.4 is 11.1 Å². The van der Waals surface area contributed by atoms with Gasteiger partial charge in [-0.15, -0.1) is 0 Å². The van der Waals surface area contributed by atoms with Crippen molar-refractivity contribution in [3.63, 3.8) is 0 Å². The summed E-state index contributed by atoms with van der Waals surface area (Å²) < 4.78 is 2.24. The Balaban J connectivity index is 1.80. The molecule has 1 fully saturated rings. The average Bonchev–Trinajstić information content (AvgIpc) is 2.94. The number of thioether (sulfide) groups is 1. The van der Waals surface area contributed by atoms with E-state index < -0.39 is 0 Å². The molecule has 5 nitrogen and oxygen atoms in total. The van der Waals surface area contributed by atoms with Crippen molar-refractivity contribution >= 4 is 29.0 Å². The van der Waals surface area contributed by atoms with Crippen LogP contribution in [-0.4, -0.2) is 31.9 Å². The SMILES string of the molecule is CSC1(CNc2nc(N)cn3ccnc23)CCCCC1. The second kappa shape index (κ2) is 5.52. The predicted molar refractivity (Wildman–Crippen MR) is 85.2 cm³/mol. The molecule has 108 valence electrons. The highest BCUT2D eigenvalue weighted by Gasteiger charge is 2.31. The Morgan fingerprint density at radius 2 is 2.20 bits per heavy atom. The van der Waals surface area contributed by atoms with Crippen molar-refractivity contribution in [3.05, 3.63) is 18.6 Å². The lowest BCUT2D eigenvalue weighted by molar-refractivity contribution is 0.411. The van der Waals surface area contributed by atoms with Gasteiger partial charge in [-0.1, -0.05) is 19.3 Å². The lowest BCUT2D eigenvalue weighted by Crippen LogP contribution is -2.35. The third kappa shape index (κ3) is 2.57. The maximum absolute atomic E-state index is 5.85. The minimum Gasteiger partial charge on any atom is -0.382 e. The zero-order valence-corrected chi connectivity index (χ0v) is 12.6. The fraction of sp³-hybridized carbons (Fsp3) is 0.571. The molecule has 1 aliphatic rings. The first-order valence-electron chi connectivity index (χ1n) is 7.11. The molecule has 3 N–H and O–H groups in total. The van der Waals surface area contributed by atoms with Crippen LogP contribution >= 0.6 is 11.8 Å². The van der Waals surface area contributed by atoms with Crippen molar-refractivity contribution in [3.8, 4) is 0 Å². The smallest absolute Gasteiger partial charge is 0.180 e. The number of nitrogens with zero attached hydrogens (tertiary/aromatic N) is 3. The maximum Gasteiger partial charge on any atom is 0.180 e. The molecule has 0 atom stereocenters. The van der Waals surface area contributed by atoms with E-state index in [1.165, 1.54) is 32.1 Å². The van der Waals surface area contributed by atoms with Crippen molar-refractivity contribution in [1.29, 1.82) is 0 Å². The van der Waals surface area contributed by atoms with E-state index in [-0.39, 0.29) is 0 Å². The minimum absolute atomic E-state index is 0.327. The van der Waals surface area contributed by atoms with E-state index >= 15 is 0 Å². The summed E-state index contributed by atoms with van der Waals surface area (Å²) in [5.41, 5.74) is 6.69. The molecule has 20 heavy (non-hydrogen) atoms. The number of fused-ring (bicyclic) bond motifs is 1. The molecule has 0 spiro atoms. The minimum atomic E-state index is 0.327. The van der Waals surface area contributed by atoms with E-state index in [9.17, 15) is 0 Å². The molecule has 0 radical (unpaired) electrons. The Kier molecular flexibility index (Phi) is 3.74. The molecular weight excluding hydrogens is 270 g/mol. The highest BCUT2D eigenvalue weighted by atomic mass is 32.2. The predicted octanol–water partition coefficient (Wildman–Crippen LogP) is 2.79. The normalized spacial score (nSPS) is 18.2. The number of nitrogen functional groups attached to an aromatic ring is 1. The zero-order valence-electron chi connectivity index (χ0n) is 11.8. The molecule has 0 aromatic carbocycles.